The van der Waals surface area contributed by atoms with Crippen molar-refractivity contribution in [3.8, 4) is 0 Å². The molecule has 0 radical (unpaired) electrons. The zero-order chi connectivity index (χ0) is 12.5. The number of rotatable bonds is 2. The molecule has 2 heterocycles. The average Bonchev–Trinajstić information content (AvgIpc) is 2.72. The van der Waals surface area contributed by atoms with E-state index >= 15 is 0 Å². The minimum Gasteiger partial charge on any atom is -0.439 e. The second-order valence-electron chi connectivity index (χ2n) is 4.37. The lowest BCUT2D eigenvalue weighted by molar-refractivity contribution is 0.214. The van der Waals surface area contributed by atoms with Gasteiger partial charge in [-0.1, -0.05) is 11.6 Å². The standard InChI is InChI=1S/C12H13ClFN3O/c13-8-5-10-11(6-9(8)14)18-12(16-10)7-17-3-1-15-2-4-17/h5-6,15H,1-4,7H2. The first-order valence-electron chi connectivity index (χ1n) is 5.90. The Morgan fingerprint density at radius 3 is 2.94 bits per heavy atom. The lowest BCUT2D eigenvalue weighted by Gasteiger charge is -2.25. The molecule has 4 nitrogen and oxygen atoms in total. The smallest absolute Gasteiger partial charge is 0.209 e. The third-order valence-electron chi connectivity index (χ3n) is 3.04. The number of piperazine rings is 1. The molecule has 1 aliphatic rings. The molecule has 2 aromatic rings. The minimum absolute atomic E-state index is 0.0736. The van der Waals surface area contributed by atoms with Crippen molar-refractivity contribution in [2.75, 3.05) is 26.2 Å². The van der Waals surface area contributed by atoms with Crippen molar-refractivity contribution in [1.82, 2.24) is 15.2 Å². The van der Waals surface area contributed by atoms with Gasteiger partial charge in [0.05, 0.1) is 11.6 Å². The zero-order valence-corrected chi connectivity index (χ0v) is 10.5. The molecular weight excluding hydrogens is 257 g/mol. The van der Waals surface area contributed by atoms with Crippen molar-refractivity contribution in [2.24, 2.45) is 0 Å². The van der Waals surface area contributed by atoms with Gasteiger partial charge >= 0.3 is 0 Å². The number of nitrogens with one attached hydrogen (secondary N) is 1. The van der Waals surface area contributed by atoms with Crippen molar-refractivity contribution in [1.29, 1.82) is 0 Å². The predicted molar refractivity (Wildman–Crippen MR) is 67.1 cm³/mol. The Bertz CT molecular complexity index is 527. The van der Waals surface area contributed by atoms with Crippen LogP contribution >= 0.6 is 11.6 Å². The molecule has 0 saturated carbocycles. The summed E-state index contributed by atoms with van der Waals surface area (Å²) in [5.41, 5.74) is 1.05. The van der Waals surface area contributed by atoms with Crippen LogP contribution in [0.2, 0.25) is 5.02 Å². The summed E-state index contributed by atoms with van der Waals surface area (Å²) in [5, 5.41) is 3.36. The molecule has 1 aliphatic heterocycles. The molecule has 1 fully saturated rings. The highest BCUT2D eigenvalue weighted by Crippen LogP contribution is 2.23. The second-order valence-corrected chi connectivity index (χ2v) is 4.77. The zero-order valence-electron chi connectivity index (χ0n) is 9.75. The van der Waals surface area contributed by atoms with Crippen molar-refractivity contribution >= 4 is 22.7 Å². The molecule has 96 valence electrons. The summed E-state index contributed by atoms with van der Waals surface area (Å²) in [6, 6.07) is 2.78. The van der Waals surface area contributed by atoms with Crippen LogP contribution < -0.4 is 5.32 Å². The number of oxazole rings is 1. The fraction of sp³-hybridized carbons (Fsp3) is 0.417. The summed E-state index contributed by atoms with van der Waals surface area (Å²) in [7, 11) is 0. The van der Waals surface area contributed by atoms with Crippen molar-refractivity contribution in [3.63, 3.8) is 0 Å². The van der Waals surface area contributed by atoms with Crippen LogP contribution in [0.15, 0.2) is 16.5 Å². The van der Waals surface area contributed by atoms with E-state index in [0.29, 0.717) is 23.5 Å². The van der Waals surface area contributed by atoms with Crippen LogP contribution in [0, 0.1) is 5.82 Å². The summed E-state index contributed by atoms with van der Waals surface area (Å²) >= 11 is 5.71. The lowest BCUT2D eigenvalue weighted by atomic mass is 10.3. The molecule has 0 aliphatic carbocycles. The highest BCUT2D eigenvalue weighted by Gasteiger charge is 2.15. The summed E-state index contributed by atoms with van der Waals surface area (Å²) in [6.45, 7) is 4.53. The van der Waals surface area contributed by atoms with Crippen LogP contribution in [0.4, 0.5) is 4.39 Å². The first-order valence-corrected chi connectivity index (χ1v) is 6.28. The van der Waals surface area contributed by atoms with Crippen molar-refractivity contribution in [3.05, 3.63) is 28.9 Å². The predicted octanol–water partition coefficient (Wildman–Crippen LogP) is 2.03. The number of hydrogen-bond acceptors (Lipinski definition) is 4. The van der Waals surface area contributed by atoms with Crippen LogP contribution in [-0.2, 0) is 6.54 Å². The number of hydrogen-bond donors (Lipinski definition) is 1. The Kier molecular flexibility index (Phi) is 3.20. The third-order valence-corrected chi connectivity index (χ3v) is 3.33. The second kappa shape index (κ2) is 4.84. The van der Waals surface area contributed by atoms with E-state index in [1.165, 1.54) is 12.1 Å². The summed E-state index contributed by atoms with van der Waals surface area (Å²) in [4.78, 5) is 6.58. The van der Waals surface area contributed by atoms with Gasteiger partial charge in [-0.15, -0.1) is 0 Å². The molecule has 1 saturated heterocycles. The first-order chi connectivity index (χ1) is 8.72. The maximum Gasteiger partial charge on any atom is 0.209 e. The molecule has 0 bridgehead atoms. The summed E-state index contributed by atoms with van der Waals surface area (Å²) < 4.78 is 18.8. The lowest BCUT2D eigenvalue weighted by Crippen LogP contribution is -2.42. The average molecular weight is 270 g/mol. The molecule has 0 atom stereocenters. The monoisotopic (exact) mass is 269 g/mol. The van der Waals surface area contributed by atoms with Gasteiger partial charge < -0.3 is 9.73 Å². The van der Waals surface area contributed by atoms with Gasteiger partial charge in [-0.3, -0.25) is 4.90 Å². The molecule has 1 aromatic carbocycles. The summed E-state index contributed by atoms with van der Waals surface area (Å²) in [6.07, 6.45) is 0. The van der Waals surface area contributed by atoms with Gasteiger partial charge in [-0.2, -0.15) is 0 Å². The Morgan fingerprint density at radius 1 is 1.39 bits per heavy atom. The van der Waals surface area contributed by atoms with Gasteiger partial charge in [0.15, 0.2) is 5.58 Å². The molecule has 0 unspecified atom stereocenters. The minimum atomic E-state index is -0.478. The van der Waals surface area contributed by atoms with E-state index in [1.54, 1.807) is 0 Å². The molecule has 0 amide bonds. The molecular formula is C12H13ClFN3O. The molecule has 6 heteroatoms. The normalized spacial score (nSPS) is 17.4. The highest BCUT2D eigenvalue weighted by molar-refractivity contribution is 6.31. The Balaban J connectivity index is 1.84. The van der Waals surface area contributed by atoms with Gasteiger partial charge in [0.25, 0.3) is 0 Å². The number of nitrogens with zero attached hydrogens (tertiary/aromatic N) is 2. The first kappa shape index (κ1) is 11.9. The number of benzene rings is 1. The molecule has 1 aromatic heterocycles. The Morgan fingerprint density at radius 2 is 2.17 bits per heavy atom. The molecule has 3 rings (SSSR count). The van der Waals surface area contributed by atoms with Crippen LogP contribution in [0.1, 0.15) is 5.89 Å². The Hall–Kier alpha value is -1.17. The maximum atomic E-state index is 13.3. The van der Waals surface area contributed by atoms with E-state index in [0.717, 1.165) is 26.2 Å². The SMILES string of the molecule is Fc1cc2oc(CN3CCNCC3)nc2cc1Cl. The van der Waals surface area contributed by atoms with E-state index in [-0.39, 0.29) is 5.02 Å². The number of halogens is 2. The molecule has 0 spiro atoms. The van der Waals surface area contributed by atoms with Crippen LogP contribution in [0.5, 0.6) is 0 Å². The van der Waals surface area contributed by atoms with E-state index in [4.69, 9.17) is 16.0 Å². The van der Waals surface area contributed by atoms with E-state index in [1.807, 2.05) is 0 Å². The van der Waals surface area contributed by atoms with E-state index < -0.39 is 5.82 Å². The van der Waals surface area contributed by atoms with Gasteiger partial charge in [-0.25, -0.2) is 9.37 Å². The quantitative estimate of drug-likeness (QED) is 0.906. The van der Waals surface area contributed by atoms with Gasteiger partial charge in [-0.05, 0) is 6.07 Å². The van der Waals surface area contributed by atoms with Crippen LogP contribution in [0.3, 0.4) is 0 Å². The third kappa shape index (κ3) is 2.34. The number of aromatic nitrogens is 1. The van der Waals surface area contributed by atoms with Gasteiger partial charge in [0.1, 0.15) is 11.3 Å². The molecule has 1 N–H and O–H groups in total. The van der Waals surface area contributed by atoms with Crippen molar-refractivity contribution in [2.45, 2.75) is 6.54 Å². The van der Waals surface area contributed by atoms with Crippen LogP contribution in [-0.4, -0.2) is 36.1 Å². The largest absolute Gasteiger partial charge is 0.439 e. The van der Waals surface area contributed by atoms with Gasteiger partial charge in [0.2, 0.25) is 5.89 Å². The van der Waals surface area contributed by atoms with E-state index in [9.17, 15) is 4.39 Å². The van der Waals surface area contributed by atoms with Gasteiger partial charge in [0, 0.05) is 32.2 Å². The fourth-order valence-corrected chi connectivity index (χ4v) is 2.26. The topological polar surface area (TPSA) is 41.3 Å². The number of fused-ring (bicyclic) bond motifs is 1. The fourth-order valence-electron chi connectivity index (χ4n) is 2.10. The van der Waals surface area contributed by atoms with Crippen LogP contribution in [0.25, 0.3) is 11.1 Å². The Labute approximate surface area is 109 Å². The molecule has 18 heavy (non-hydrogen) atoms. The van der Waals surface area contributed by atoms with E-state index in [2.05, 4.69) is 15.2 Å². The maximum absolute atomic E-state index is 13.3. The highest BCUT2D eigenvalue weighted by atomic mass is 35.5. The van der Waals surface area contributed by atoms with Crippen molar-refractivity contribution < 1.29 is 8.81 Å². The summed E-state index contributed by atoms with van der Waals surface area (Å²) in [5.74, 6) is 0.127.